The Morgan fingerprint density at radius 1 is 1.00 bits per heavy atom. The molecule has 0 saturated carbocycles. The second kappa shape index (κ2) is 4.87. The summed E-state index contributed by atoms with van der Waals surface area (Å²) in [7, 11) is 0. The van der Waals surface area contributed by atoms with E-state index >= 15 is 0 Å². The quantitative estimate of drug-likeness (QED) is 0.548. The van der Waals surface area contributed by atoms with Crippen molar-refractivity contribution >= 4 is 16.6 Å². The Morgan fingerprint density at radius 2 is 1.64 bits per heavy atom. The van der Waals surface area contributed by atoms with Gasteiger partial charge in [0.25, 0.3) is 5.69 Å². The van der Waals surface area contributed by atoms with E-state index in [1.165, 1.54) is 24.3 Å². The molecule has 0 aliphatic carbocycles. The molecule has 1 heterocycles. The Balaban J connectivity index is 2.26. The molecule has 3 rings (SSSR count). The monoisotopic (exact) mass is 306 g/mol. The molecule has 4 nitrogen and oxygen atoms in total. The van der Waals surface area contributed by atoms with Crippen LogP contribution in [0.15, 0.2) is 48.5 Å². The summed E-state index contributed by atoms with van der Waals surface area (Å²) in [5, 5.41) is 11.1. The van der Waals surface area contributed by atoms with E-state index in [9.17, 15) is 23.3 Å². The predicted molar refractivity (Wildman–Crippen MR) is 75.4 cm³/mol. The molecule has 0 aliphatic rings. The van der Waals surface area contributed by atoms with Gasteiger partial charge in [0.15, 0.2) is 0 Å². The van der Waals surface area contributed by atoms with Crippen molar-refractivity contribution in [2.75, 3.05) is 0 Å². The number of para-hydroxylation sites is 1. The number of aromatic amines is 1. The van der Waals surface area contributed by atoms with Gasteiger partial charge in [-0.2, -0.15) is 13.2 Å². The SMILES string of the molecule is O=[N+]([O-])c1ccc(-c2c(C(F)(F)F)[nH]c3ccccc23)cc1. The molecule has 22 heavy (non-hydrogen) atoms. The van der Waals surface area contributed by atoms with Crippen molar-refractivity contribution in [2.45, 2.75) is 6.18 Å². The van der Waals surface area contributed by atoms with Gasteiger partial charge >= 0.3 is 6.18 Å². The van der Waals surface area contributed by atoms with E-state index in [0.29, 0.717) is 10.9 Å². The number of fused-ring (bicyclic) bond motifs is 1. The van der Waals surface area contributed by atoms with Crippen LogP contribution in [0.4, 0.5) is 18.9 Å². The lowest BCUT2D eigenvalue weighted by atomic mass is 10.0. The number of rotatable bonds is 2. The Morgan fingerprint density at radius 3 is 2.23 bits per heavy atom. The smallest absolute Gasteiger partial charge is 0.350 e. The maximum absolute atomic E-state index is 13.2. The van der Waals surface area contributed by atoms with Gasteiger partial charge in [-0.05, 0) is 23.8 Å². The highest BCUT2D eigenvalue weighted by atomic mass is 19.4. The molecule has 0 unspecified atom stereocenters. The molecule has 1 N–H and O–H groups in total. The number of nitro groups is 1. The molecular formula is C15H9F3N2O2. The van der Waals surface area contributed by atoms with Gasteiger partial charge in [-0.1, -0.05) is 18.2 Å². The van der Waals surface area contributed by atoms with Crippen LogP contribution in [-0.2, 0) is 6.18 Å². The first-order valence-electron chi connectivity index (χ1n) is 6.30. The van der Waals surface area contributed by atoms with Crippen LogP contribution in [0, 0.1) is 10.1 Å². The van der Waals surface area contributed by atoms with E-state index in [-0.39, 0.29) is 16.8 Å². The molecule has 0 atom stereocenters. The number of hydrogen-bond acceptors (Lipinski definition) is 2. The largest absolute Gasteiger partial charge is 0.431 e. The predicted octanol–water partition coefficient (Wildman–Crippen LogP) is 4.76. The third kappa shape index (κ3) is 2.30. The molecule has 1 aromatic heterocycles. The molecule has 0 fully saturated rings. The number of halogens is 3. The molecule has 0 spiro atoms. The van der Waals surface area contributed by atoms with Crippen LogP contribution in [0.5, 0.6) is 0 Å². The number of nitro benzene ring substituents is 1. The minimum absolute atomic E-state index is 0.00185. The molecule has 7 heteroatoms. The van der Waals surface area contributed by atoms with Gasteiger partial charge in [-0.15, -0.1) is 0 Å². The number of alkyl halides is 3. The topological polar surface area (TPSA) is 58.9 Å². The van der Waals surface area contributed by atoms with Crippen molar-refractivity contribution in [3.05, 3.63) is 64.3 Å². The molecule has 0 bridgehead atoms. The van der Waals surface area contributed by atoms with Crippen LogP contribution in [-0.4, -0.2) is 9.91 Å². The molecule has 112 valence electrons. The second-order valence-corrected chi connectivity index (χ2v) is 4.72. The maximum Gasteiger partial charge on any atom is 0.431 e. The normalized spacial score (nSPS) is 11.8. The van der Waals surface area contributed by atoms with Crippen LogP contribution in [0.2, 0.25) is 0 Å². The van der Waals surface area contributed by atoms with Crippen molar-refractivity contribution in [3.8, 4) is 11.1 Å². The van der Waals surface area contributed by atoms with Crippen LogP contribution < -0.4 is 0 Å². The Labute approximate surface area is 122 Å². The van der Waals surface area contributed by atoms with E-state index in [0.717, 1.165) is 0 Å². The third-order valence-electron chi connectivity index (χ3n) is 3.36. The van der Waals surface area contributed by atoms with Gasteiger partial charge in [0.05, 0.1) is 4.92 Å². The summed E-state index contributed by atoms with van der Waals surface area (Å²) in [6.45, 7) is 0. The first kappa shape index (κ1) is 14.1. The summed E-state index contributed by atoms with van der Waals surface area (Å²) in [5.41, 5.74) is -0.392. The first-order valence-corrected chi connectivity index (χ1v) is 6.30. The van der Waals surface area contributed by atoms with Crippen molar-refractivity contribution in [2.24, 2.45) is 0 Å². The molecule has 0 saturated heterocycles. The molecule has 3 aromatic rings. The number of nitrogens with one attached hydrogen (secondary N) is 1. The van der Waals surface area contributed by atoms with E-state index in [2.05, 4.69) is 4.98 Å². The summed E-state index contributed by atoms with van der Waals surface area (Å²) < 4.78 is 39.7. The summed E-state index contributed by atoms with van der Waals surface area (Å²) in [6, 6.07) is 11.4. The minimum Gasteiger partial charge on any atom is -0.350 e. The fourth-order valence-electron chi connectivity index (χ4n) is 2.40. The lowest BCUT2D eigenvalue weighted by Gasteiger charge is -2.08. The third-order valence-corrected chi connectivity index (χ3v) is 3.36. The van der Waals surface area contributed by atoms with Crippen LogP contribution >= 0.6 is 0 Å². The molecule has 0 aliphatic heterocycles. The molecular weight excluding hydrogens is 297 g/mol. The van der Waals surface area contributed by atoms with E-state index in [1.807, 2.05) is 0 Å². The van der Waals surface area contributed by atoms with Gasteiger partial charge in [0, 0.05) is 28.6 Å². The lowest BCUT2D eigenvalue weighted by Crippen LogP contribution is -2.07. The fraction of sp³-hybridized carbons (Fsp3) is 0.0667. The number of H-pyrrole nitrogens is 1. The summed E-state index contributed by atoms with van der Waals surface area (Å²) in [6.07, 6.45) is -4.55. The zero-order valence-electron chi connectivity index (χ0n) is 11.0. The number of hydrogen-bond donors (Lipinski definition) is 1. The number of benzene rings is 2. The first-order chi connectivity index (χ1) is 10.4. The van der Waals surface area contributed by atoms with Crippen molar-refractivity contribution in [1.82, 2.24) is 4.98 Å². The highest BCUT2D eigenvalue weighted by molar-refractivity contribution is 5.97. The highest BCUT2D eigenvalue weighted by Gasteiger charge is 2.36. The summed E-state index contributed by atoms with van der Waals surface area (Å²) in [5.74, 6) is 0. The van der Waals surface area contributed by atoms with Crippen molar-refractivity contribution < 1.29 is 18.1 Å². The van der Waals surface area contributed by atoms with Gasteiger partial charge in [0.1, 0.15) is 5.69 Å². The summed E-state index contributed by atoms with van der Waals surface area (Å²) >= 11 is 0. The highest BCUT2D eigenvalue weighted by Crippen LogP contribution is 2.41. The van der Waals surface area contributed by atoms with E-state index < -0.39 is 16.8 Å². The Bertz CT molecular complexity index is 851. The van der Waals surface area contributed by atoms with Crippen LogP contribution in [0.25, 0.3) is 22.0 Å². The molecule has 0 amide bonds. The van der Waals surface area contributed by atoms with Gasteiger partial charge in [-0.3, -0.25) is 10.1 Å². The maximum atomic E-state index is 13.2. The molecule has 0 radical (unpaired) electrons. The van der Waals surface area contributed by atoms with Crippen molar-refractivity contribution in [3.63, 3.8) is 0 Å². The van der Waals surface area contributed by atoms with Gasteiger partial charge < -0.3 is 4.98 Å². The van der Waals surface area contributed by atoms with E-state index in [4.69, 9.17) is 0 Å². The van der Waals surface area contributed by atoms with E-state index in [1.54, 1.807) is 24.3 Å². The Kier molecular flexibility index (Phi) is 3.13. The Hall–Kier alpha value is -2.83. The number of aromatic nitrogens is 1. The lowest BCUT2D eigenvalue weighted by molar-refractivity contribution is -0.384. The van der Waals surface area contributed by atoms with Gasteiger partial charge in [-0.25, -0.2) is 0 Å². The fourth-order valence-corrected chi connectivity index (χ4v) is 2.40. The van der Waals surface area contributed by atoms with Crippen LogP contribution in [0.1, 0.15) is 5.69 Å². The second-order valence-electron chi connectivity index (χ2n) is 4.72. The van der Waals surface area contributed by atoms with Gasteiger partial charge in [0.2, 0.25) is 0 Å². The standard InChI is InChI=1S/C15H9F3N2O2/c16-15(17,18)14-13(11-3-1-2-4-12(11)19-14)9-5-7-10(8-6-9)20(21)22/h1-8,19H. The average molecular weight is 306 g/mol. The number of non-ortho nitro benzene ring substituents is 1. The summed E-state index contributed by atoms with van der Waals surface area (Å²) in [4.78, 5) is 12.4. The molecule has 2 aromatic carbocycles. The number of nitrogens with zero attached hydrogens (tertiary/aromatic N) is 1. The van der Waals surface area contributed by atoms with Crippen LogP contribution in [0.3, 0.4) is 0 Å². The average Bonchev–Trinajstić information content (AvgIpc) is 2.87. The minimum atomic E-state index is -4.55. The zero-order valence-corrected chi connectivity index (χ0v) is 11.0. The van der Waals surface area contributed by atoms with Crippen molar-refractivity contribution in [1.29, 1.82) is 0 Å². The zero-order chi connectivity index (χ0) is 15.9.